The van der Waals surface area contributed by atoms with Crippen molar-refractivity contribution in [2.75, 3.05) is 13.7 Å². The van der Waals surface area contributed by atoms with E-state index in [1.54, 1.807) is 0 Å². The lowest BCUT2D eigenvalue weighted by molar-refractivity contribution is -0.140. The molecule has 1 aliphatic rings. The number of esters is 1. The van der Waals surface area contributed by atoms with Crippen LogP contribution in [0.1, 0.15) is 24.6 Å². The summed E-state index contributed by atoms with van der Waals surface area (Å²) in [5.41, 5.74) is 0. The fourth-order valence-corrected chi connectivity index (χ4v) is 1.65. The molecule has 0 amide bonds. The first-order valence-corrected chi connectivity index (χ1v) is 5.28. The van der Waals surface area contributed by atoms with Gasteiger partial charge in [0.05, 0.1) is 13.2 Å². The fraction of sp³-hybridized carbons (Fsp3) is 0.700. The van der Waals surface area contributed by atoms with Gasteiger partial charge in [-0.15, -0.1) is 0 Å². The Morgan fingerprint density at radius 1 is 1.62 bits per heavy atom. The van der Waals surface area contributed by atoms with E-state index in [-0.39, 0.29) is 18.5 Å². The monoisotopic (exact) mass is 226 g/mol. The number of carbonyl (C=O) groups excluding carboxylic acids is 1. The lowest BCUT2D eigenvalue weighted by atomic mass is 10.2. The highest BCUT2D eigenvalue weighted by Gasteiger charge is 2.19. The van der Waals surface area contributed by atoms with E-state index in [0.29, 0.717) is 18.1 Å². The van der Waals surface area contributed by atoms with Gasteiger partial charge < -0.3 is 14.0 Å². The van der Waals surface area contributed by atoms with Gasteiger partial charge >= 0.3 is 5.97 Å². The molecule has 88 valence electrons. The van der Waals surface area contributed by atoms with Crippen molar-refractivity contribution in [3.05, 3.63) is 11.7 Å². The highest BCUT2D eigenvalue weighted by atomic mass is 16.5. The number of rotatable bonds is 4. The van der Waals surface area contributed by atoms with Crippen LogP contribution in [0.25, 0.3) is 0 Å². The number of nitrogens with zero attached hydrogens (tertiary/aromatic N) is 2. The zero-order valence-corrected chi connectivity index (χ0v) is 9.14. The van der Waals surface area contributed by atoms with Crippen LogP contribution in [0.5, 0.6) is 0 Å². The first-order valence-electron chi connectivity index (χ1n) is 5.28. The topological polar surface area (TPSA) is 74.5 Å². The average molecular weight is 226 g/mol. The smallest absolute Gasteiger partial charge is 0.315 e. The molecule has 0 spiro atoms. The summed E-state index contributed by atoms with van der Waals surface area (Å²) in [5.74, 6) is 0.498. The van der Waals surface area contributed by atoms with Crippen LogP contribution in [-0.2, 0) is 27.1 Å². The molecule has 2 heterocycles. The number of hydrogen-bond acceptors (Lipinski definition) is 6. The van der Waals surface area contributed by atoms with Crippen molar-refractivity contribution in [1.29, 1.82) is 0 Å². The zero-order chi connectivity index (χ0) is 11.4. The molecule has 0 N–H and O–H groups in total. The fourth-order valence-electron chi connectivity index (χ4n) is 1.65. The molecule has 16 heavy (non-hydrogen) atoms. The van der Waals surface area contributed by atoms with Gasteiger partial charge in [0.1, 0.15) is 6.42 Å². The van der Waals surface area contributed by atoms with Crippen LogP contribution in [0.3, 0.4) is 0 Å². The van der Waals surface area contributed by atoms with Crippen LogP contribution in [-0.4, -0.2) is 35.9 Å². The van der Waals surface area contributed by atoms with Gasteiger partial charge in [-0.2, -0.15) is 4.98 Å². The normalized spacial score (nSPS) is 19.9. The Morgan fingerprint density at radius 2 is 2.50 bits per heavy atom. The van der Waals surface area contributed by atoms with Crippen molar-refractivity contribution in [1.82, 2.24) is 10.1 Å². The summed E-state index contributed by atoms with van der Waals surface area (Å²) in [4.78, 5) is 15.1. The third-order valence-electron chi connectivity index (χ3n) is 2.47. The van der Waals surface area contributed by atoms with Crippen molar-refractivity contribution >= 4 is 5.97 Å². The van der Waals surface area contributed by atoms with Crippen LogP contribution in [0.15, 0.2) is 4.52 Å². The molecular formula is C10H14N2O4. The van der Waals surface area contributed by atoms with Crippen LogP contribution < -0.4 is 0 Å². The highest BCUT2D eigenvalue weighted by molar-refractivity contribution is 5.70. The van der Waals surface area contributed by atoms with Gasteiger partial charge in [0.2, 0.25) is 5.89 Å². The van der Waals surface area contributed by atoms with Crippen molar-refractivity contribution in [3.8, 4) is 0 Å². The Kier molecular flexibility index (Phi) is 3.51. The summed E-state index contributed by atoms with van der Waals surface area (Å²) in [6.07, 6.45) is 2.96. The predicted octanol–water partition coefficient (Wildman–Crippen LogP) is 0.507. The second-order valence-electron chi connectivity index (χ2n) is 3.70. The van der Waals surface area contributed by atoms with Gasteiger partial charge in [-0.25, -0.2) is 0 Å². The molecule has 0 radical (unpaired) electrons. The standard InChI is InChI=1S/C10H14N2O4/c1-14-10(13)6-9-11-8(12-16-9)5-7-3-2-4-15-7/h7H,2-6H2,1H3. The van der Waals surface area contributed by atoms with E-state index in [1.807, 2.05) is 0 Å². The minimum Gasteiger partial charge on any atom is -0.469 e. The summed E-state index contributed by atoms with van der Waals surface area (Å²) >= 11 is 0. The molecule has 0 aromatic carbocycles. The van der Waals surface area contributed by atoms with Gasteiger partial charge in [0, 0.05) is 13.0 Å². The first kappa shape index (κ1) is 11.1. The maximum Gasteiger partial charge on any atom is 0.315 e. The second-order valence-corrected chi connectivity index (χ2v) is 3.70. The molecule has 1 aromatic rings. The third-order valence-corrected chi connectivity index (χ3v) is 2.47. The highest BCUT2D eigenvalue weighted by Crippen LogP contribution is 2.15. The molecule has 1 aromatic heterocycles. The van der Waals surface area contributed by atoms with E-state index in [9.17, 15) is 4.79 Å². The Balaban J connectivity index is 1.88. The lowest BCUT2D eigenvalue weighted by Crippen LogP contribution is -2.10. The van der Waals surface area contributed by atoms with E-state index in [0.717, 1.165) is 19.4 Å². The number of carbonyl (C=O) groups is 1. The molecule has 0 bridgehead atoms. The molecule has 0 aliphatic carbocycles. The largest absolute Gasteiger partial charge is 0.469 e. The molecular weight excluding hydrogens is 212 g/mol. The quantitative estimate of drug-likeness (QED) is 0.696. The summed E-state index contributed by atoms with van der Waals surface area (Å²) in [7, 11) is 1.33. The van der Waals surface area contributed by atoms with Gasteiger partial charge in [0.15, 0.2) is 5.82 Å². The Labute approximate surface area is 92.9 Å². The maximum absolute atomic E-state index is 11.0. The number of ether oxygens (including phenoxy) is 2. The second kappa shape index (κ2) is 5.07. The van der Waals surface area contributed by atoms with Gasteiger partial charge in [-0.3, -0.25) is 4.79 Å². The van der Waals surface area contributed by atoms with Crippen LogP contribution in [0.4, 0.5) is 0 Å². The van der Waals surface area contributed by atoms with E-state index in [1.165, 1.54) is 7.11 Å². The third kappa shape index (κ3) is 2.79. The molecule has 1 atom stereocenters. The SMILES string of the molecule is COC(=O)Cc1nc(CC2CCCO2)no1. The van der Waals surface area contributed by atoms with Crippen LogP contribution in [0.2, 0.25) is 0 Å². The lowest BCUT2D eigenvalue weighted by Gasteiger charge is -2.03. The molecule has 6 nitrogen and oxygen atoms in total. The molecule has 2 rings (SSSR count). The molecule has 1 unspecified atom stereocenters. The zero-order valence-electron chi connectivity index (χ0n) is 9.14. The maximum atomic E-state index is 11.0. The van der Waals surface area contributed by atoms with Crippen molar-refractivity contribution in [2.45, 2.75) is 31.8 Å². The van der Waals surface area contributed by atoms with Crippen LogP contribution in [0, 0.1) is 0 Å². The Bertz CT molecular complexity index is 357. The molecule has 1 aliphatic heterocycles. The van der Waals surface area contributed by atoms with E-state index in [4.69, 9.17) is 9.26 Å². The van der Waals surface area contributed by atoms with Crippen molar-refractivity contribution < 1.29 is 18.8 Å². The molecule has 1 fully saturated rings. The van der Waals surface area contributed by atoms with Gasteiger partial charge in [-0.1, -0.05) is 5.16 Å². The summed E-state index contributed by atoms with van der Waals surface area (Å²) in [5, 5.41) is 3.79. The Hall–Kier alpha value is -1.43. The Morgan fingerprint density at radius 3 is 3.19 bits per heavy atom. The molecule has 6 heteroatoms. The van der Waals surface area contributed by atoms with E-state index in [2.05, 4.69) is 14.9 Å². The number of aromatic nitrogens is 2. The molecule has 0 saturated carbocycles. The van der Waals surface area contributed by atoms with Crippen molar-refractivity contribution in [3.63, 3.8) is 0 Å². The van der Waals surface area contributed by atoms with Crippen molar-refractivity contribution in [2.24, 2.45) is 0 Å². The minimum atomic E-state index is -0.382. The first-order chi connectivity index (χ1) is 7.78. The molecule has 1 saturated heterocycles. The van der Waals surface area contributed by atoms with Gasteiger partial charge in [-0.05, 0) is 12.8 Å². The van der Waals surface area contributed by atoms with Crippen LogP contribution >= 0.6 is 0 Å². The van der Waals surface area contributed by atoms with E-state index < -0.39 is 0 Å². The van der Waals surface area contributed by atoms with E-state index >= 15 is 0 Å². The summed E-state index contributed by atoms with van der Waals surface area (Å²) < 4.78 is 14.9. The summed E-state index contributed by atoms with van der Waals surface area (Å²) in [6, 6.07) is 0. The number of hydrogen-bond donors (Lipinski definition) is 0. The summed E-state index contributed by atoms with van der Waals surface area (Å²) in [6.45, 7) is 0.803. The average Bonchev–Trinajstić information content (AvgIpc) is 2.91. The minimum absolute atomic E-state index is 0.0228. The predicted molar refractivity (Wildman–Crippen MR) is 52.7 cm³/mol. The van der Waals surface area contributed by atoms with Gasteiger partial charge in [0.25, 0.3) is 0 Å². The number of methoxy groups -OCH3 is 1.